The molecule has 4 heteroatoms. The number of benzene rings is 1. The van der Waals surface area contributed by atoms with Gasteiger partial charge < -0.3 is 10.0 Å². The number of phenolic OH excluding ortho intramolecular Hbond substituents is 1. The number of halogens is 1. The molecule has 0 saturated carbocycles. The topological polar surface area (TPSA) is 40.5 Å². The molecule has 1 aliphatic rings. The highest BCUT2D eigenvalue weighted by molar-refractivity contribution is 6.33. The second kappa shape index (κ2) is 5.61. The van der Waals surface area contributed by atoms with E-state index >= 15 is 0 Å². The molecule has 1 aromatic rings. The lowest BCUT2D eigenvalue weighted by atomic mass is 10.1. The molecule has 1 aromatic carbocycles. The van der Waals surface area contributed by atoms with E-state index in [4.69, 9.17) is 11.6 Å². The highest BCUT2D eigenvalue weighted by atomic mass is 35.5. The van der Waals surface area contributed by atoms with E-state index in [-0.39, 0.29) is 17.7 Å². The number of likely N-dealkylation sites (tertiary alicyclic amines) is 1. The number of carbonyl (C=O) groups excluding carboxylic acids is 1. The van der Waals surface area contributed by atoms with Crippen molar-refractivity contribution in [3.8, 4) is 5.75 Å². The van der Waals surface area contributed by atoms with Crippen molar-refractivity contribution in [3.05, 3.63) is 28.8 Å². The summed E-state index contributed by atoms with van der Waals surface area (Å²) in [7, 11) is 0. The summed E-state index contributed by atoms with van der Waals surface area (Å²) >= 11 is 6.04. The Morgan fingerprint density at radius 2 is 2.17 bits per heavy atom. The van der Waals surface area contributed by atoms with Crippen LogP contribution in [0.25, 0.3) is 0 Å². The number of phenols is 1. The Balaban J connectivity index is 2.26. The molecule has 0 spiro atoms. The van der Waals surface area contributed by atoms with Gasteiger partial charge in [0, 0.05) is 12.6 Å². The van der Waals surface area contributed by atoms with Crippen LogP contribution in [0.3, 0.4) is 0 Å². The van der Waals surface area contributed by atoms with E-state index in [0.29, 0.717) is 10.6 Å². The number of nitrogens with zero attached hydrogens (tertiary/aromatic N) is 1. The molecule has 1 unspecified atom stereocenters. The summed E-state index contributed by atoms with van der Waals surface area (Å²) in [4.78, 5) is 14.3. The van der Waals surface area contributed by atoms with E-state index in [2.05, 4.69) is 6.92 Å². The van der Waals surface area contributed by atoms with Crippen LogP contribution < -0.4 is 0 Å². The van der Waals surface area contributed by atoms with Gasteiger partial charge in [0.2, 0.25) is 0 Å². The minimum Gasteiger partial charge on any atom is -0.508 e. The number of rotatable bonds is 1. The van der Waals surface area contributed by atoms with Crippen LogP contribution in [0.15, 0.2) is 18.2 Å². The molecule has 0 bridgehead atoms. The molecule has 3 nitrogen and oxygen atoms in total. The fourth-order valence-electron chi connectivity index (χ4n) is 2.41. The zero-order valence-corrected chi connectivity index (χ0v) is 11.3. The maximum Gasteiger partial charge on any atom is 0.255 e. The molecule has 1 amide bonds. The molecular formula is C14H18ClNO2. The summed E-state index contributed by atoms with van der Waals surface area (Å²) in [6, 6.07) is 4.73. The summed E-state index contributed by atoms with van der Waals surface area (Å²) < 4.78 is 0. The molecule has 98 valence electrons. The maximum atomic E-state index is 12.5. The van der Waals surface area contributed by atoms with Crippen LogP contribution in [0.1, 0.15) is 43.0 Å². The van der Waals surface area contributed by atoms with Gasteiger partial charge in [0.1, 0.15) is 5.75 Å². The smallest absolute Gasteiger partial charge is 0.255 e. The molecule has 1 saturated heterocycles. The van der Waals surface area contributed by atoms with Crippen LogP contribution in [0, 0.1) is 0 Å². The van der Waals surface area contributed by atoms with E-state index in [9.17, 15) is 9.90 Å². The van der Waals surface area contributed by atoms with Crippen molar-refractivity contribution in [2.24, 2.45) is 0 Å². The Labute approximate surface area is 112 Å². The van der Waals surface area contributed by atoms with E-state index in [1.165, 1.54) is 25.0 Å². The van der Waals surface area contributed by atoms with Crippen LogP contribution in [-0.2, 0) is 0 Å². The van der Waals surface area contributed by atoms with E-state index < -0.39 is 0 Å². The first-order chi connectivity index (χ1) is 8.59. The molecule has 1 aliphatic heterocycles. The number of hydrogen-bond donors (Lipinski definition) is 1. The third kappa shape index (κ3) is 2.78. The minimum atomic E-state index is -0.0784. The van der Waals surface area contributed by atoms with Gasteiger partial charge in [-0.1, -0.05) is 24.4 Å². The molecule has 2 rings (SSSR count). The first-order valence-electron chi connectivity index (χ1n) is 6.39. The van der Waals surface area contributed by atoms with E-state index in [0.717, 1.165) is 19.4 Å². The Kier molecular flexibility index (Phi) is 4.12. The molecule has 1 heterocycles. The lowest BCUT2D eigenvalue weighted by Gasteiger charge is -2.27. The third-order valence-corrected chi connectivity index (χ3v) is 3.82. The highest BCUT2D eigenvalue weighted by Gasteiger charge is 2.24. The first kappa shape index (κ1) is 13.2. The van der Waals surface area contributed by atoms with Gasteiger partial charge in [0.15, 0.2) is 0 Å². The van der Waals surface area contributed by atoms with Crippen molar-refractivity contribution in [2.75, 3.05) is 6.54 Å². The van der Waals surface area contributed by atoms with Gasteiger partial charge in [-0.05, 0) is 38.0 Å². The van der Waals surface area contributed by atoms with Crippen molar-refractivity contribution < 1.29 is 9.90 Å². The van der Waals surface area contributed by atoms with E-state index in [1.54, 1.807) is 6.07 Å². The Hall–Kier alpha value is -1.22. The van der Waals surface area contributed by atoms with Crippen molar-refractivity contribution in [3.63, 3.8) is 0 Å². The van der Waals surface area contributed by atoms with Crippen molar-refractivity contribution in [1.29, 1.82) is 0 Å². The summed E-state index contributed by atoms with van der Waals surface area (Å²) in [6.45, 7) is 2.84. The fraction of sp³-hybridized carbons (Fsp3) is 0.500. The average Bonchev–Trinajstić information content (AvgIpc) is 2.56. The standard InChI is InChI=1S/C14H18ClNO2/c1-10-5-3-2-4-8-16(10)14(18)12-9-11(17)6-7-13(12)15/h6-7,9-10,17H,2-5,8H2,1H3. The predicted molar refractivity (Wildman–Crippen MR) is 72.1 cm³/mol. The van der Waals surface area contributed by atoms with E-state index in [1.807, 2.05) is 4.90 Å². The quantitative estimate of drug-likeness (QED) is 0.847. The molecule has 18 heavy (non-hydrogen) atoms. The van der Waals surface area contributed by atoms with Gasteiger partial charge in [-0.3, -0.25) is 4.79 Å². The lowest BCUT2D eigenvalue weighted by Crippen LogP contribution is -2.38. The number of hydrogen-bond acceptors (Lipinski definition) is 2. The van der Waals surface area contributed by atoms with Crippen molar-refractivity contribution in [1.82, 2.24) is 4.90 Å². The average molecular weight is 268 g/mol. The van der Waals surface area contributed by atoms with Crippen LogP contribution in [-0.4, -0.2) is 28.5 Å². The lowest BCUT2D eigenvalue weighted by molar-refractivity contribution is 0.0697. The monoisotopic (exact) mass is 267 g/mol. The summed E-state index contributed by atoms with van der Waals surface area (Å²) in [5.41, 5.74) is 0.394. The third-order valence-electron chi connectivity index (χ3n) is 3.49. The number of amides is 1. The van der Waals surface area contributed by atoms with Crippen molar-refractivity contribution in [2.45, 2.75) is 38.6 Å². The van der Waals surface area contributed by atoms with Crippen LogP contribution in [0.5, 0.6) is 5.75 Å². The SMILES string of the molecule is CC1CCCCCN1C(=O)c1cc(O)ccc1Cl. The van der Waals surface area contributed by atoms with Gasteiger partial charge in [-0.25, -0.2) is 0 Å². The fourth-order valence-corrected chi connectivity index (χ4v) is 2.61. The van der Waals surface area contributed by atoms with Gasteiger partial charge in [0.25, 0.3) is 5.91 Å². The summed E-state index contributed by atoms with van der Waals surface area (Å²) in [5.74, 6) is -0.00414. The molecule has 0 aromatic heterocycles. The molecule has 1 N–H and O–H groups in total. The Bertz CT molecular complexity index is 447. The van der Waals surface area contributed by atoms with Crippen LogP contribution >= 0.6 is 11.6 Å². The van der Waals surface area contributed by atoms with Crippen LogP contribution in [0.4, 0.5) is 0 Å². The summed E-state index contributed by atoms with van der Waals surface area (Å²) in [6.07, 6.45) is 4.40. The van der Waals surface area contributed by atoms with Crippen LogP contribution in [0.2, 0.25) is 5.02 Å². The zero-order valence-electron chi connectivity index (χ0n) is 10.5. The minimum absolute atomic E-state index is 0.0743. The van der Waals surface area contributed by atoms with Gasteiger partial charge in [-0.2, -0.15) is 0 Å². The zero-order chi connectivity index (χ0) is 13.1. The van der Waals surface area contributed by atoms with Crippen molar-refractivity contribution >= 4 is 17.5 Å². The molecule has 1 atom stereocenters. The van der Waals surface area contributed by atoms with Gasteiger partial charge in [-0.15, -0.1) is 0 Å². The molecule has 0 radical (unpaired) electrons. The van der Waals surface area contributed by atoms with Gasteiger partial charge >= 0.3 is 0 Å². The largest absolute Gasteiger partial charge is 0.508 e. The number of carbonyl (C=O) groups is 1. The second-order valence-corrected chi connectivity index (χ2v) is 5.27. The maximum absolute atomic E-state index is 12.5. The predicted octanol–water partition coefficient (Wildman–Crippen LogP) is 3.45. The highest BCUT2D eigenvalue weighted by Crippen LogP contribution is 2.25. The Morgan fingerprint density at radius 1 is 1.39 bits per heavy atom. The first-order valence-corrected chi connectivity index (χ1v) is 6.77. The van der Waals surface area contributed by atoms with Gasteiger partial charge in [0.05, 0.1) is 10.6 Å². The second-order valence-electron chi connectivity index (χ2n) is 4.86. The summed E-state index contributed by atoms with van der Waals surface area (Å²) in [5, 5.41) is 9.87. The normalized spacial score (nSPS) is 20.6. The molecule has 1 fully saturated rings. The Morgan fingerprint density at radius 3 is 2.94 bits per heavy atom. The molecular weight excluding hydrogens is 250 g/mol. The number of aromatic hydroxyl groups is 1. The molecule has 0 aliphatic carbocycles.